The standard InChI is InChI=1S/C44H55N5O7.CH5N/c1-26(2)17-38(51)46-36-20-28-18-29(21-31(50)19-28)30-22-33-34(24-44(4,5)25-56-43(53)35-12-10-15-49(47-35)42(36)52)40(32-11-9-13-45-39(32)27(3)54-6)48-14-7-8-16-55-37(23-30)41(33)48;1-2/h9,11,13,18-19,21-23,26-27,35-36,47,50H,7-8,10,12,14-17,20,24-25H2,1-6H3,(H,46,51);2H2,1H3. The molecule has 1 fully saturated rings. The highest BCUT2D eigenvalue weighted by Crippen LogP contribution is 2.46. The summed E-state index contributed by atoms with van der Waals surface area (Å²) >= 11 is 0. The zero-order valence-corrected chi connectivity index (χ0v) is 35.0. The van der Waals surface area contributed by atoms with Gasteiger partial charge in [-0.05, 0) is 111 Å². The van der Waals surface area contributed by atoms with Gasteiger partial charge in [-0.2, -0.15) is 0 Å². The van der Waals surface area contributed by atoms with Gasteiger partial charge in [-0.15, -0.1) is 0 Å². The van der Waals surface area contributed by atoms with Crippen LogP contribution in [0, 0.1) is 11.3 Å². The molecule has 4 aromatic rings. The van der Waals surface area contributed by atoms with Gasteiger partial charge in [0.05, 0.1) is 36.2 Å². The largest absolute Gasteiger partial charge is 0.508 e. The van der Waals surface area contributed by atoms with Gasteiger partial charge in [0.1, 0.15) is 23.6 Å². The third-order valence-corrected chi connectivity index (χ3v) is 11.1. The first kappa shape index (κ1) is 42.6. The molecule has 1 saturated heterocycles. The van der Waals surface area contributed by atoms with E-state index in [4.69, 9.17) is 19.2 Å². The zero-order valence-electron chi connectivity index (χ0n) is 35.0. The Labute approximate surface area is 341 Å². The molecule has 13 heteroatoms. The second kappa shape index (κ2) is 18.3. The number of carbonyl (C=O) groups is 3. The van der Waals surface area contributed by atoms with Gasteiger partial charge in [-0.1, -0.05) is 33.8 Å². The highest BCUT2D eigenvalue weighted by molar-refractivity contribution is 5.99. The Morgan fingerprint density at radius 3 is 2.60 bits per heavy atom. The number of benzene rings is 2. The topological polar surface area (TPSA) is 170 Å². The minimum Gasteiger partial charge on any atom is -0.508 e. The fraction of sp³-hybridized carbons (Fsp3) is 0.511. The smallest absolute Gasteiger partial charge is 0.324 e. The Balaban J connectivity index is 0.00000279. The number of esters is 1. The van der Waals surface area contributed by atoms with Crippen molar-refractivity contribution in [2.45, 2.75) is 104 Å². The second-order valence-corrected chi connectivity index (χ2v) is 16.8. The number of hydrazine groups is 1. The number of nitrogens with one attached hydrogen (secondary N) is 2. The molecule has 0 saturated carbocycles. The van der Waals surface area contributed by atoms with Crippen LogP contribution in [0.1, 0.15) is 89.6 Å². The lowest BCUT2D eigenvalue weighted by atomic mass is 9.84. The normalized spacial score (nSPS) is 20.1. The van der Waals surface area contributed by atoms with E-state index in [0.29, 0.717) is 38.0 Å². The third kappa shape index (κ3) is 9.32. The van der Waals surface area contributed by atoms with Gasteiger partial charge in [-0.3, -0.25) is 24.4 Å². The summed E-state index contributed by atoms with van der Waals surface area (Å²) in [5.74, 6) is -0.151. The van der Waals surface area contributed by atoms with Crippen LogP contribution in [0.3, 0.4) is 0 Å². The van der Waals surface area contributed by atoms with Gasteiger partial charge in [-0.25, -0.2) is 5.43 Å². The van der Waals surface area contributed by atoms with Crippen LogP contribution in [0.4, 0.5) is 0 Å². The molecular weight excluding hydrogens is 737 g/mol. The molecule has 2 aromatic heterocycles. The summed E-state index contributed by atoms with van der Waals surface area (Å²) in [6.45, 7) is 12.0. The van der Waals surface area contributed by atoms with E-state index in [2.05, 4.69) is 47.0 Å². The number of hydrogen-bond donors (Lipinski definition) is 4. The monoisotopic (exact) mass is 796 g/mol. The van der Waals surface area contributed by atoms with E-state index in [0.717, 1.165) is 69.7 Å². The van der Waals surface area contributed by atoms with Crippen LogP contribution in [0.5, 0.6) is 11.5 Å². The van der Waals surface area contributed by atoms with E-state index in [9.17, 15) is 19.5 Å². The molecule has 0 spiro atoms. The molecule has 7 rings (SSSR count). The van der Waals surface area contributed by atoms with Crippen molar-refractivity contribution in [2.24, 2.45) is 17.1 Å². The quantitative estimate of drug-likeness (QED) is 0.164. The number of ether oxygens (including phenoxy) is 3. The number of phenols is 1. The van der Waals surface area contributed by atoms with Crippen LogP contribution in [0.2, 0.25) is 0 Å². The van der Waals surface area contributed by atoms with Gasteiger partial charge in [0, 0.05) is 55.6 Å². The second-order valence-electron chi connectivity index (χ2n) is 16.8. The number of fused-ring (bicyclic) bond motifs is 6. The molecule has 0 radical (unpaired) electrons. The lowest BCUT2D eigenvalue weighted by molar-refractivity contribution is -0.155. The maximum Gasteiger partial charge on any atom is 0.324 e. The average molecular weight is 797 g/mol. The van der Waals surface area contributed by atoms with E-state index in [1.807, 2.05) is 39.0 Å². The summed E-state index contributed by atoms with van der Waals surface area (Å²) in [6.07, 6.45) is 5.36. The van der Waals surface area contributed by atoms with Gasteiger partial charge >= 0.3 is 5.97 Å². The SMILES string of the molecule is CN.COC(C)c1ncccc1-c1c2c3cc(cc4c3n1CCCCO4)-c1cc(O)cc(c1)CC(NC(=O)CC(C)C)C(=O)N1CCCC(N1)C(=O)OCC(C)(C)C2. The first-order valence-electron chi connectivity index (χ1n) is 20.6. The van der Waals surface area contributed by atoms with Gasteiger partial charge < -0.3 is 34.9 Å². The molecule has 2 amide bonds. The number of amides is 2. The fourth-order valence-electron chi connectivity index (χ4n) is 8.33. The number of nitrogens with zero attached hydrogens (tertiary/aromatic N) is 3. The summed E-state index contributed by atoms with van der Waals surface area (Å²) in [6, 6.07) is 11.9. The number of pyridine rings is 1. The molecule has 2 aromatic carbocycles. The summed E-state index contributed by atoms with van der Waals surface area (Å²) in [7, 11) is 3.19. The molecule has 5 N–H and O–H groups in total. The molecule has 3 atom stereocenters. The Hall–Kier alpha value is -4.98. The molecule has 0 aliphatic carbocycles. The van der Waals surface area contributed by atoms with Gasteiger partial charge in [0.25, 0.3) is 5.91 Å². The molecule has 58 heavy (non-hydrogen) atoms. The summed E-state index contributed by atoms with van der Waals surface area (Å²) in [5.41, 5.74) is 14.3. The van der Waals surface area contributed by atoms with Crippen molar-refractivity contribution in [1.29, 1.82) is 0 Å². The number of methoxy groups -OCH3 is 1. The number of aromatic hydroxyl groups is 1. The molecule has 3 unspecified atom stereocenters. The van der Waals surface area contributed by atoms with Crippen molar-refractivity contribution in [3.63, 3.8) is 0 Å². The molecule has 6 bridgehead atoms. The number of aromatic nitrogens is 2. The number of phenolic OH excluding ortho intramolecular Hbond substituents is 1. The number of hydrogen-bond acceptors (Lipinski definition) is 10. The van der Waals surface area contributed by atoms with E-state index >= 15 is 0 Å². The summed E-state index contributed by atoms with van der Waals surface area (Å²) in [4.78, 5) is 45.9. The molecule has 3 aliphatic heterocycles. The fourth-order valence-corrected chi connectivity index (χ4v) is 8.33. The van der Waals surface area contributed by atoms with Crippen LogP contribution in [-0.4, -0.2) is 83.4 Å². The van der Waals surface area contributed by atoms with Crippen LogP contribution >= 0.6 is 0 Å². The average Bonchev–Trinajstić information content (AvgIpc) is 3.49. The highest BCUT2D eigenvalue weighted by atomic mass is 16.5. The first-order valence-corrected chi connectivity index (χ1v) is 20.6. The van der Waals surface area contributed by atoms with Crippen LogP contribution < -0.4 is 21.2 Å². The van der Waals surface area contributed by atoms with Crippen LogP contribution in [0.15, 0.2) is 48.7 Å². The van der Waals surface area contributed by atoms with Crippen molar-refractivity contribution < 1.29 is 33.7 Å². The minimum atomic E-state index is -0.943. The molecule has 3 aliphatic rings. The lowest BCUT2D eigenvalue weighted by Gasteiger charge is -2.35. The van der Waals surface area contributed by atoms with E-state index in [1.165, 1.54) is 12.1 Å². The van der Waals surface area contributed by atoms with Gasteiger partial charge in [0.2, 0.25) is 5.91 Å². The molecular formula is C45H60N6O7. The number of aryl methyl sites for hydroxylation is 1. The van der Waals surface area contributed by atoms with E-state index < -0.39 is 23.5 Å². The van der Waals surface area contributed by atoms with Crippen molar-refractivity contribution in [3.8, 4) is 33.9 Å². The van der Waals surface area contributed by atoms with Crippen molar-refractivity contribution in [3.05, 3.63) is 65.5 Å². The number of carbonyl (C=O) groups excluding carboxylic acids is 3. The Morgan fingerprint density at radius 1 is 1.07 bits per heavy atom. The summed E-state index contributed by atoms with van der Waals surface area (Å²) in [5, 5.41) is 16.6. The van der Waals surface area contributed by atoms with E-state index in [1.54, 1.807) is 25.4 Å². The predicted molar refractivity (Wildman–Crippen MR) is 224 cm³/mol. The number of cyclic esters (lactones) is 1. The van der Waals surface area contributed by atoms with E-state index in [-0.39, 0.29) is 49.0 Å². The van der Waals surface area contributed by atoms with Gasteiger partial charge in [0.15, 0.2) is 0 Å². The Morgan fingerprint density at radius 2 is 1.84 bits per heavy atom. The maximum absolute atomic E-state index is 14.2. The number of rotatable bonds is 6. The Kier molecular flexibility index (Phi) is 13.4. The third-order valence-electron chi connectivity index (χ3n) is 11.1. The van der Waals surface area contributed by atoms with Crippen molar-refractivity contribution in [2.75, 3.05) is 33.9 Å². The van der Waals surface area contributed by atoms with Crippen molar-refractivity contribution in [1.82, 2.24) is 25.3 Å². The van der Waals surface area contributed by atoms with Crippen LogP contribution in [-0.2, 0) is 43.2 Å². The summed E-state index contributed by atoms with van der Waals surface area (Å²) < 4.78 is 20.9. The minimum absolute atomic E-state index is 0.0439. The zero-order chi connectivity index (χ0) is 41.7. The Bertz CT molecular complexity index is 2130. The molecule has 5 heterocycles. The molecule has 13 nitrogen and oxygen atoms in total. The number of nitrogens with two attached hydrogens (primary N) is 1. The van der Waals surface area contributed by atoms with Crippen LogP contribution in [0.25, 0.3) is 33.3 Å². The first-order chi connectivity index (χ1) is 27.8. The highest BCUT2D eigenvalue weighted by Gasteiger charge is 2.36. The lowest BCUT2D eigenvalue weighted by Crippen LogP contribution is -2.60. The maximum atomic E-state index is 14.2. The van der Waals surface area contributed by atoms with Crippen molar-refractivity contribution >= 4 is 28.7 Å². The molecule has 312 valence electrons. The predicted octanol–water partition coefficient (Wildman–Crippen LogP) is 6.23.